The van der Waals surface area contributed by atoms with Gasteiger partial charge in [-0.1, -0.05) is 6.42 Å². The molecule has 1 N–H and O–H groups in total. The van der Waals surface area contributed by atoms with Crippen LogP contribution in [0.2, 0.25) is 0 Å². The molecule has 2 aromatic rings. The van der Waals surface area contributed by atoms with Crippen LogP contribution in [0.5, 0.6) is 5.75 Å². The topological polar surface area (TPSA) is 79.0 Å². The van der Waals surface area contributed by atoms with Crippen molar-refractivity contribution in [2.24, 2.45) is 0 Å². The Labute approximate surface area is 182 Å². The van der Waals surface area contributed by atoms with Gasteiger partial charge in [-0.25, -0.2) is 4.90 Å². The molecular formula is C24H27N3O4. The van der Waals surface area contributed by atoms with Crippen LogP contribution in [-0.4, -0.2) is 55.4 Å². The Hall–Kier alpha value is -3.19. The third-order valence-corrected chi connectivity index (χ3v) is 5.72. The van der Waals surface area contributed by atoms with Gasteiger partial charge in [0.05, 0.1) is 23.4 Å². The van der Waals surface area contributed by atoms with Gasteiger partial charge >= 0.3 is 0 Å². The van der Waals surface area contributed by atoms with Crippen LogP contribution < -0.4 is 15.0 Å². The van der Waals surface area contributed by atoms with E-state index in [4.69, 9.17) is 4.74 Å². The lowest BCUT2D eigenvalue weighted by atomic mass is 10.1. The molecule has 0 aromatic heterocycles. The van der Waals surface area contributed by atoms with Crippen molar-refractivity contribution in [2.75, 3.05) is 37.7 Å². The molecule has 0 spiro atoms. The zero-order valence-corrected chi connectivity index (χ0v) is 17.7. The number of carbonyl (C=O) groups is 3. The molecule has 0 aliphatic carbocycles. The fourth-order valence-electron chi connectivity index (χ4n) is 4.09. The van der Waals surface area contributed by atoms with E-state index in [0.717, 1.165) is 24.5 Å². The Bertz CT molecular complexity index is 981. The molecule has 2 aliphatic heterocycles. The Morgan fingerprint density at radius 2 is 1.68 bits per heavy atom. The molecule has 2 aromatic carbocycles. The lowest BCUT2D eigenvalue weighted by Gasteiger charge is -2.26. The summed E-state index contributed by atoms with van der Waals surface area (Å²) in [4.78, 5) is 41.8. The van der Waals surface area contributed by atoms with Gasteiger partial charge in [0.2, 0.25) is 0 Å². The van der Waals surface area contributed by atoms with E-state index in [0.29, 0.717) is 35.7 Å². The molecule has 2 aliphatic rings. The highest BCUT2D eigenvalue weighted by Crippen LogP contribution is 2.30. The molecule has 31 heavy (non-hydrogen) atoms. The molecule has 162 valence electrons. The molecule has 4 rings (SSSR count). The number of imide groups is 1. The third-order valence-electron chi connectivity index (χ3n) is 5.72. The number of likely N-dealkylation sites (tertiary alicyclic amines) is 1. The van der Waals surface area contributed by atoms with E-state index in [1.54, 1.807) is 36.4 Å². The molecule has 1 saturated heterocycles. The monoisotopic (exact) mass is 421 g/mol. The summed E-state index contributed by atoms with van der Waals surface area (Å²) in [7, 11) is 0. The van der Waals surface area contributed by atoms with E-state index in [9.17, 15) is 14.4 Å². The third kappa shape index (κ3) is 4.46. The highest BCUT2D eigenvalue weighted by atomic mass is 16.5. The van der Waals surface area contributed by atoms with Crippen molar-refractivity contribution < 1.29 is 19.1 Å². The fourth-order valence-corrected chi connectivity index (χ4v) is 4.09. The maximum atomic E-state index is 12.9. The number of rotatable bonds is 7. The molecule has 2 heterocycles. The second-order valence-corrected chi connectivity index (χ2v) is 7.79. The van der Waals surface area contributed by atoms with E-state index < -0.39 is 5.91 Å². The summed E-state index contributed by atoms with van der Waals surface area (Å²) in [5.41, 5.74) is 1.42. The zero-order valence-electron chi connectivity index (χ0n) is 17.7. The second-order valence-electron chi connectivity index (χ2n) is 7.79. The van der Waals surface area contributed by atoms with Gasteiger partial charge in [-0.3, -0.25) is 14.4 Å². The number of nitrogens with one attached hydrogen (secondary N) is 1. The molecule has 3 amide bonds. The summed E-state index contributed by atoms with van der Waals surface area (Å²) < 4.78 is 5.42. The highest BCUT2D eigenvalue weighted by molar-refractivity contribution is 6.34. The summed E-state index contributed by atoms with van der Waals surface area (Å²) in [6.07, 6.45) is 3.69. The number of ether oxygens (including phenoxy) is 1. The predicted molar refractivity (Wildman–Crippen MR) is 118 cm³/mol. The highest BCUT2D eigenvalue weighted by Gasteiger charge is 2.37. The van der Waals surface area contributed by atoms with Crippen molar-refractivity contribution in [2.45, 2.75) is 26.2 Å². The number of anilines is 1. The van der Waals surface area contributed by atoms with Crippen LogP contribution in [0.4, 0.5) is 5.69 Å². The first-order valence-electron chi connectivity index (χ1n) is 10.8. The van der Waals surface area contributed by atoms with Gasteiger partial charge in [-0.05, 0) is 75.3 Å². The van der Waals surface area contributed by atoms with Crippen LogP contribution in [0, 0.1) is 0 Å². The van der Waals surface area contributed by atoms with E-state index in [-0.39, 0.29) is 17.4 Å². The number of piperidine rings is 1. The molecule has 0 saturated carbocycles. The zero-order chi connectivity index (χ0) is 21.8. The minimum atomic E-state index is -0.424. The van der Waals surface area contributed by atoms with Crippen molar-refractivity contribution in [1.29, 1.82) is 0 Å². The van der Waals surface area contributed by atoms with Crippen LogP contribution in [0.25, 0.3) is 0 Å². The Balaban J connectivity index is 1.44. The van der Waals surface area contributed by atoms with Gasteiger partial charge in [-0.2, -0.15) is 0 Å². The van der Waals surface area contributed by atoms with Gasteiger partial charge in [0.1, 0.15) is 5.75 Å². The van der Waals surface area contributed by atoms with E-state index >= 15 is 0 Å². The number of hydrogen-bond donors (Lipinski definition) is 1. The summed E-state index contributed by atoms with van der Waals surface area (Å²) in [6.45, 7) is 5.95. The summed E-state index contributed by atoms with van der Waals surface area (Å²) in [6, 6.07) is 11.5. The molecule has 0 atom stereocenters. The molecular weight excluding hydrogens is 394 g/mol. The number of hydrogen-bond acceptors (Lipinski definition) is 5. The Kier molecular flexibility index (Phi) is 6.32. The largest absolute Gasteiger partial charge is 0.494 e. The summed E-state index contributed by atoms with van der Waals surface area (Å²) >= 11 is 0. The van der Waals surface area contributed by atoms with Crippen LogP contribution in [0.1, 0.15) is 57.3 Å². The van der Waals surface area contributed by atoms with Gasteiger partial charge < -0.3 is 15.0 Å². The van der Waals surface area contributed by atoms with Gasteiger partial charge in [0.15, 0.2) is 0 Å². The lowest BCUT2D eigenvalue weighted by molar-refractivity contribution is 0.0923. The number of fused-ring (bicyclic) bond motifs is 1. The maximum Gasteiger partial charge on any atom is 0.266 e. The fraction of sp³-hybridized carbons (Fsp3) is 0.375. The quantitative estimate of drug-likeness (QED) is 0.695. The standard InChI is InChI=1S/C24H27N3O4/c1-2-31-19-9-7-18(8-10-19)27-23(29)20-11-6-17(16-21(20)24(27)30)22(28)25-12-15-26-13-4-3-5-14-26/h6-11,16H,2-5,12-15H2,1H3,(H,25,28). The predicted octanol–water partition coefficient (Wildman–Crippen LogP) is 3.10. The minimum Gasteiger partial charge on any atom is -0.494 e. The lowest BCUT2D eigenvalue weighted by Crippen LogP contribution is -2.37. The minimum absolute atomic E-state index is 0.237. The molecule has 0 unspecified atom stereocenters. The van der Waals surface area contributed by atoms with E-state index in [1.807, 2.05) is 6.92 Å². The van der Waals surface area contributed by atoms with Crippen molar-refractivity contribution >= 4 is 23.4 Å². The first-order valence-corrected chi connectivity index (χ1v) is 10.8. The molecule has 0 bridgehead atoms. The summed E-state index contributed by atoms with van der Waals surface area (Å²) in [5, 5.41) is 2.92. The number of benzene rings is 2. The second kappa shape index (κ2) is 9.31. The van der Waals surface area contributed by atoms with Crippen LogP contribution in [0.3, 0.4) is 0 Å². The Morgan fingerprint density at radius 1 is 0.968 bits per heavy atom. The molecule has 0 radical (unpaired) electrons. The van der Waals surface area contributed by atoms with E-state index in [2.05, 4.69) is 10.2 Å². The van der Waals surface area contributed by atoms with Gasteiger partial charge in [0, 0.05) is 18.7 Å². The number of nitrogens with zero attached hydrogens (tertiary/aromatic N) is 2. The molecule has 7 heteroatoms. The number of amides is 3. The van der Waals surface area contributed by atoms with Crippen LogP contribution >= 0.6 is 0 Å². The molecule has 1 fully saturated rings. The number of carbonyl (C=O) groups excluding carboxylic acids is 3. The average Bonchev–Trinajstić information content (AvgIpc) is 3.05. The van der Waals surface area contributed by atoms with Crippen molar-refractivity contribution in [1.82, 2.24) is 10.2 Å². The van der Waals surface area contributed by atoms with Crippen molar-refractivity contribution in [3.8, 4) is 5.75 Å². The average molecular weight is 421 g/mol. The first-order chi connectivity index (χ1) is 15.1. The van der Waals surface area contributed by atoms with Crippen molar-refractivity contribution in [3.63, 3.8) is 0 Å². The smallest absolute Gasteiger partial charge is 0.266 e. The normalized spacial score (nSPS) is 16.4. The van der Waals surface area contributed by atoms with Crippen LogP contribution in [0.15, 0.2) is 42.5 Å². The van der Waals surface area contributed by atoms with E-state index in [1.165, 1.54) is 25.3 Å². The maximum absolute atomic E-state index is 12.9. The van der Waals surface area contributed by atoms with Crippen LogP contribution in [-0.2, 0) is 0 Å². The van der Waals surface area contributed by atoms with Gasteiger partial charge in [-0.15, -0.1) is 0 Å². The SMILES string of the molecule is CCOc1ccc(N2C(=O)c3ccc(C(=O)NCCN4CCCCC4)cc3C2=O)cc1. The van der Waals surface area contributed by atoms with Gasteiger partial charge in [0.25, 0.3) is 17.7 Å². The summed E-state index contributed by atoms with van der Waals surface area (Å²) in [5.74, 6) is -0.376. The first kappa shape index (κ1) is 21.1. The molecule has 7 nitrogen and oxygen atoms in total. The van der Waals surface area contributed by atoms with Crippen molar-refractivity contribution in [3.05, 3.63) is 59.2 Å². The Morgan fingerprint density at radius 3 is 2.39 bits per heavy atom.